The van der Waals surface area contributed by atoms with E-state index in [1.165, 1.54) is 0 Å². The van der Waals surface area contributed by atoms with Crippen LogP contribution in [0.25, 0.3) is 0 Å². The Hall–Kier alpha value is -1.43. The summed E-state index contributed by atoms with van der Waals surface area (Å²) < 4.78 is 20.2. The normalized spacial score (nSPS) is 24.0. The smallest absolute Gasteiger partial charge is 0.396 e. The molecule has 0 aromatic heterocycles. The third-order valence-electron chi connectivity index (χ3n) is 3.66. The first-order valence-electron chi connectivity index (χ1n) is 7.97. The van der Waals surface area contributed by atoms with Crippen molar-refractivity contribution in [3.8, 4) is 0 Å². The average molecular weight is 349 g/mol. The number of carbonyl (C=O) groups excluding carboxylic acids is 2. The molecule has 2 heterocycles. The lowest BCUT2D eigenvalue weighted by Crippen LogP contribution is -2.43. The van der Waals surface area contributed by atoms with Gasteiger partial charge < -0.3 is 29.4 Å². The Kier molecular flexibility index (Phi) is 8.39. The summed E-state index contributed by atoms with van der Waals surface area (Å²) in [5.74, 6) is 0. The zero-order valence-corrected chi connectivity index (χ0v) is 13.9. The number of amides is 2. The molecule has 133 valence electrons. The number of hydrogen-bond acceptors (Lipinski definition) is 8. The Labute approximate surface area is 149 Å². The Morgan fingerprint density at radius 2 is 1.40 bits per heavy atom. The largest absolute Gasteiger partial charge is 0.449 e. The lowest BCUT2D eigenvalue weighted by molar-refractivity contribution is 0.0814. The van der Waals surface area contributed by atoms with Crippen molar-refractivity contribution in [3.05, 3.63) is 0 Å². The first-order valence-corrected chi connectivity index (χ1v) is 7.97. The zero-order chi connectivity index (χ0) is 18.1. The molecule has 13 heteroatoms. The van der Waals surface area contributed by atoms with Gasteiger partial charge in [0.15, 0.2) is 0 Å². The third kappa shape index (κ3) is 7.14. The highest BCUT2D eigenvalue weighted by atomic mass is 16.6. The molecule has 2 aliphatic rings. The van der Waals surface area contributed by atoms with Gasteiger partial charge in [-0.15, -0.1) is 0 Å². The molecule has 0 aromatic rings. The quantitative estimate of drug-likeness (QED) is 0.466. The lowest BCUT2D eigenvalue weighted by atomic mass is 10.1. The van der Waals surface area contributed by atoms with E-state index in [2.05, 4.69) is 10.5 Å². The van der Waals surface area contributed by atoms with Gasteiger partial charge in [-0.3, -0.25) is 9.80 Å². The second-order valence-corrected chi connectivity index (χ2v) is 5.30. The van der Waals surface area contributed by atoms with Crippen molar-refractivity contribution < 1.29 is 28.5 Å². The Bertz CT molecular complexity index is 411. The highest BCUT2D eigenvalue weighted by molar-refractivity contribution is 6.37. The minimum Gasteiger partial charge on any atom is -0.449 e. The van der Waals surface area contributed by atoms with Crippen LogP contribution in [0.2, 0.25) is 0 Å². The van der Waals surface area contributed by atoms with Crippen molar-refractivity contribution in [1.82, 2.24) is 20.3 Å². The molecule has 2 atom stereocenters. The fraction of sp³-hybridized carbons (Fsp3) is 0.833. The molecule has 2 saturated heterocycles. The van der Waals surface area contributed by atoms with E-state index < -0.39 is 24.4 Å². The molecule has 25 heavy (non-hydrogen) atoms. The predicted molar refractivity (Wildman–Crippen MR) is 88.9 cm³/mol. The van der Waals surface area contributed by atoms with Crippen molar-refractivity contribution in [1.29, 1.82) is 0 Å². The highest BCUT2D eigenvalue weighted by Gasteiger charge is 2.21. The second kappa shape index (κ2) is 10.5. The van der Waals surface area contributed by atoms with E-state index >= 15 is 0 Å². The monoisotopic (exact) mass is 349 g/mol. The van der Waals surface area contributed by atoms with Gasteiger partial charge in [-0.05, 0) is 0 Å². The van der Waals surface area contributed by atoms with E-state index in [9.17, 15) is 9.59 Å². The van der Waals surface area contributed by atoms with Gasteiger partial charge in [0.1, 0.15) is 28.9 Å². The topological polar surface area (TPSA) is 102 Å². The molecule has 0 spiro atoms. The van der Waals surface area contributed by atoms with Gasteiger partial charge in [0.25, 0.3) is 0 Å². The fourth-order valence-electron chi connectivity index (χ4n) is 2.27. The van der Waals surface area contributed by atoms with E-state index in [1.807, 2.05) is 9.80 Å². The molecule has 2 aliphatic heterocycles. The molecule has 5 radical (unpaired) electrons. The van der Waals surface area contributed by atoms with Crippen molar-refractivity contribution in [3.63, 3.8) is 0 Å². The minimum atomic E-state index is -0.700. The van der Waals surface area contributed by atoms with Crippen LogP contribution in [-0.4, -0.2) is 110 Å². The first-order chi connectivity index (χ1) is 12.1. The number of ether oxygens (including phenoxy) is 4. The van der Waals surface area contributed by atoms with E-state index in [0.717, 1.165) is 7.55 Å². The molecular formula is C12H20B3N4O6. The van der Waals surface area contributed by atoms with Crippen molar-refractivity contribution in [2.45, 2.75) is 12.3 Å². The maximum Gasteiger partial charge on any atom is 0.396 e. The average Bonchev–Trinajstić information content (AvgIpc) is 3.16. The first kappa shape index (κ1) is 19.9. The maximum atomic E-state index is 11.4. The van der Waals surface area contributed by atoms with Gasteiger partial charge >= 0.3 is 19.7 Å². The summed E-state index contributed by atoms with van der Waals surface area (Å²) >= 11 is 0. The third-order valence-corrected chi connectivity index (χ3v) is 3.66. The van der Waals surface area contributed by atoms with Gasteiger partial charge in [0, 0.05) is 26.2 Å². The molecule has 2 N–H and O–H groups in total. The molecule has 2 fully saturated rings. The summed E-state index contributed by atoms with van der Waals surface area (Å²) in [5, 5.41) is 4.52. The SMILES string of the molecule is [B]C1OCCN1CCOC(=O)N[B]NC(=O)OCCN1CCOC1[B]. The molecule has 0 aromatic carbocycles. The molecule has 2 unspecified atom stereocenters. The lowest BCUT2D eigenvalue weighted by Gasteiger charge is -2.19. The Morgan fingerprint density at radius 1 is 0.960 bits per heavy atom. The van der Waals surface area contributed by atoms with Gasteiger partial charge in [-0.25, -0.2) is 9.59 Å². The highest BCUT2D eigenvalue weighted by Crippen LogP contribution is 2.05. The number of hydrogen-bond donors (Lipinski definition) is 2. The Morgan fingerprint density at radius 3 is 1.76 bits per heavy atom. The summed E-state index contributed by atoms with van der Waals surface area (Å²) in [6.07, 6.45) is -2.32. The molecular weight excluding hydrogens is 329 g/mol. The summed E-state index contributed by atoms with van der Waals surface area (Å²) in [5.41, 5.74) is 0. The van der Waals surface area contributed by atoms with Crippen LogP contribution in [0.3, 0.4) is 0 Å². The van der Waals surface area contributed by atoms with Gasteiger partial charge in [0.05, 0.1) is 25.5 Å². The number of carbonyl (C=O) groups is 2. The van der Waals surface area contributed by atoms with E-state index in [0.29, 0.717) is 39.4 Å². The van der Waals surface area contributed by atoms with Crippen molar-refractivity contribution >= 4 is 35.4 Å². The number of nitrogens with zero attached hydrogens (tertiary/aromatic N) is 2. The summed E-state index contributed by atoms with van der Waals surface area (Å²) in [7, 11) is 12.4. The van der Waals surface area contributed by atoms with Crippen LogP contribution in [-0.2, 0) is 18.9 Å². The van der Waals surface area contributed by atoms with Crippen LogP contribution < -0.4 is 10.5 Å². The standard InChI is InChI=1S/C12H20B3N4O6/c13-9-18(1-5-22-9)3-7-24-11(20)16-15-17-12(21)25-8-4-19-2-6-23-10(19)14/h9-10H,1-8H2,(H,16,20)(H,17,21). The molecule has 2 rings (SSSR count). The van der Waals surface area contributed by atoms with Gasteiger partial charge in [0.2, 0.25) is 0 Å². The van der Waals surface area contributed by atoms with E-state index in [-0.39, 0.29) is 13.2 Å². The Balaban J connectivity index is 1.44. The van der Waals surface area contributed by atoms with Crippen LogP contribution in [0.4, 0.5) is 9.59 Å². The van der Waals surface area contributed by atoms with E-state index in [4.69, 9.17) is 34.6 Å². The maximum absolute atomic E-state index is 11.4. The molecule has 0 aliphatic carbocycles. The van der Waals surface area contributed by atoms with Gasteiger partial charge in [-0.2, -0.15) is 0 Å². The molecule has 10 nitrogen and oxygen atoms in total. The summed E-state index contributed by atoms with van der Waals surface area (Å²) in [4.78, 5) is 26.5. The molecule has 2 amide bonds. The molecule has 0 bridgehead atoms. The van der Waals surface area contributed by atoms with Crippen LogP contribution in [0, 0.1) is 0 Å². The number of nitrogens with one attached hydrogen (secondary N) is 2. The van der Waals surface area contributed by atoms with Gasteiger partial charge in [-0.1, -0.05) is 0 Å². The van der Waals surface area contributed by atoms with Crippen molar-refractivity contribution in [2.24, 2.45) is 0 Å². The van der Waals surface area contributed by atoms with Crippen LogP contribution >= 0.6 is 0 Å². The number of rotatable bonds is 8. The minimum absolute atomic E-state index is 0.152. The van der Waals surface area contributed by atoms with Crippen LogP contribution in [0.1, 0.15) is 0 Å². The van der Waals surface area contributed by atoms with Crippen molar-refractivity contribution in [2.75, 3.05) is 52.6 Å². The summed E-state index contributed by atoms with van der Waals surface area (Å²) in [6, 6.07) is 0. The summed E-state index contributed by atoms with van der Waals surface area (Å²) in [6.45, 7) is 3.74. The van der Waals surface area contributed by atoms with E-state index in [1.54, 1.807) is 0 Å². The predicted octanol–water partition coefficient (Wildman–Crippen LogP) is -2.46. The fourth-order valence-corrected chi connectivity index (χ4v) is 2.27. The zero-order valence-electron chi connectivity index (χ0n) is 13.9. The van der Waals surface area contributed by atoms with Crippen LogP contribution in [0.5, 0.6) is 0 Å². The van der Waals surface area contributed by atoms with Crippen LogP contribution in [0.15, 0.2) is 0 Å². The second-order valence-electron chi connectivity index (χ2n) is 5.30. The molecule has 0 saturated carbocycles.